The van der Waals surface area contributed by atoms with Crippen LogP contribution in [0.25, 0.3) is 22.2 Å². The Labute approximate surface area is 861 Å². The number of nitrogens with one attached hydrogen (secondary N) is 7. The molecule has 7 N–H and O–H groups in total. The van der Waals surface area contributed by atoms with Gasteiger partial charge in [-0.1, -0.05) is 359 Å². The number of furan rings is 2. The van der Waals surface area contributed by atoms with Gasteiger partial charge in [0.15, 0.2) is 0 Å². The second-order valence-corrected chi connectivity index (χ2v) is 32.9. The fraction of sp³-hybridized carbons (Fsp3) is 0.294. The molecule has 6 aromatic carbocycles. The Balaban J connectivity index is 0.000000767. The molecule has 0 amide bonds. The molecule has 14 aromatic rings. The maximum atomic E-state index is 12.1. The Bertz CT molecular complexity index is 6320. The molecule has 0 atom stereocenters. The van der Waals surface area contributed by atoms with Crippen molar-refractivity contribution < 1.29 is 8.83 Å². The minimum absolute atomic E-state index is 0. The smallest absolute Gasteiger partial charge is 0.351 e. The molecule has 0 bridgehead atoms. The summed E-state index contributed by atoms with van der Waals surface area (Å²) in [6, 6.07) is 63.9. The van der Waals surface area contributed by atoms with Crippen LogP contribution in [0.3, 0.4) is 0 Å². The highest BCUT2D eigenvalue weighted by atomic mass is 127. The van der Waals surface area contributed by atoms with Crippen molar-refractivity contribution in [2.45, 2.75) is 193 Å². The van der Waals surface area contributed by atoms with E-state index in [1.807, 2.05) is 221 Å². The average Bonchev–Trinajstić information content (AvgIpc) is 1.72. The largest absolute Gasteiger partial charge is 0.445 e. The minimum atomic E-state index is -0.505. The molecular weight excluding hydrogens is 2140 g/mol. The molecule has 137 heavy (non-hydrogen) atoms. The van der Waals surface area contributed by atoms with Crippen LogP contribution in [0.2, 0.25) is 0 Å². The van der Waals surface area contributed by atoms with Gasteiger partial charge in [0.25, 0.3) is 22.2 Å². The summed E-state index contributed by atoms with van der Waals surface area (Å²) in [5.74, 6) is 13.2. The third-order valence-electron chi connectivity index (χ3n) is 17.9. The van der Waals surface area contributed by atoms with Gasteiger partial charge < -0.3 is 18.8 Å². The molecule has 0 saturated carbocycles. The molecule has 0 unspecified atom stereocenters. The van der Waals surface area contributed by atoms with Gasteiger partial charge in [0.05, 0.1) is 37.5 Å². The number of hydrogen-bond acceptors (Lipinski definition) is 14. The van der Waals surface area contributed by atoms with Gasteiger partial charge in [-0.25, -0.2) is 33.8 Å². The van der Waals surface area contributed by atoms with Crippen LogP contribution in [0.1, 0.15) is 200 Å². The van der Waals surface area contributed by atoms with E-state index in [4.69, 9.17) is 8.83 Å². The second-order valence-electron chi connectivity index (χ2n) is 28.9. The molecule has 8 heterocycles. The summed E-state index contributed by atoms with van der Waals surface area (Å²) in [5, 5.41) is 4.60. The molecule has 35 heteroatoms. The first-order chi connectivity index (χ1) is 65.9. The van der Waals surface area contributed by atoms with E-state index >= 15 is 0 Å². The van der Waals surface area contributed by atoms with Crippen molar-refractivity contribution in [1.29, 1.82) is 0 Å². The topological polar surface area (TPSA) is 348 Å². The third kappa shape index (κ3) is 55.7. The van der Waals surface area contributed by atoms with Crippen LogP contribution in [-0.2, 0) is 48.5 Å². The molecule has 0 saturated heterocycles. The normalized spacial score (nSPS) is 9.54. The third-order valence-corrected chi connectivity index (χ3v) is 21.4. The molecular formula is C102H117B6Br3I2N12O12. The number of allylic oxidation sites excluding steroid dienone is 2. The Morgan fingerprint density at radius 2 is 0.788 bits per heavy atom. The summed E-state index contributed by atoms with van der Waals surface area (Å²) in [6.07, 6.45) is 32.5. The summed E-state index contributed by atoms with van der Waals surface area (Å²) in [6.45, 7) is 21.4. The van der Waals surface area contributed by atoms with E-state index in [2.05, 4.69) is 238 Å². The number of halogens is 5. The van der Waals surface area contributed by atoms with E-state index in [1.54, 1.807) is 10.8 Å². The fourth-order valence-electron chi connectivity index (χ4n) is 10.8. The fourth-order valence-corrected chi connectivity index (χ4v) is 12.7. The van der Waals surface area contributed by atoms with Crippen LogP contribution in [0.15, 0.2) is 313 Å². The first-order valence-corrected chi connectivity index (χ1v) is 49.7. The highest BCUT2D eigenvalue weighted by molar-refractivity contribution is 14.1. The lowest BCUT2D eigenvalue weighted by Crippen LogP contribution is -2.31. The summed E-state index contributed by atoms with van der Waals surface area (Å²) in [7, 11) is 18.0. The van der Waals surface area contributed by atoms with Crippen molar-refractivity contribution in [2.75, 3.05) is 0 Å². The van der Waals surface area contributed by atoms with Crippen molar-refractivity contribution >= 4 is 162 Å². The van der Waals surface area contributed by atoms with Crippen LogP contribution < -0.4 is 56.4 Å². The second kappa shape index (κ2) is 78.8. The minimum Gasteiger partial charge on any atom is -0.445 e. The van der Waals surface area contributed by atoms with Gasteiger partial charge >= 0.3 is 34.1 Å². The van der Waals surface area contributed by atoms with Gasteiger partial charge in [-0.15, -0.1) is 13.2 Å². The van der Waals surface area contributed by atoms with Crippen LogP contribution in [0.5, 0.6) is 0 Å². The highest BCUT2D eigenvalue weighted by Crippen LogP contribution is 2.19. The van der Waals surface area contributed by atoms with E-state index in [-0.39, 0.29) is 36.6 Å². The van der Waals surface area contributed by atoms with Gasteiger partial charge in [0, 0.05) is 125 Å². The zero-order chi connectivity index (χ0) is 100. The summed E-state index contributed by atoms with van der Waals surface area (Å²) < 4.78 is 16.7. The zero-order valence-corrected chi connectivity index (χ0v) is 87.5. The van der Waals surface area contributed by atoms with Gasteiger partial charge in [-0.2, -0.15) is 4.98 Å². The lowest BCUT2D eigenvalue weighted by atomic mass is 9.40. The molecule has 12 radical (unpaired) electrons. The van der Waals surface area contributed by atoms with Crippen LogP contribution in [-0.4, -0.2) is 105 Å². The number of rotatable bonds is 25. The SMILES string of the molecule is BrCc1ccccc1.BrCc1ccccc1.BrCc1ccccc1.C=CCCCC.C=CCCCC.CCCCC#Cc1c[nH]c(=O)[nH]c1=O.CCCCC#Cc1cn(Cc2ccccc2)c(=O)[nH]c1=O.CCCCc1cc2cn(Cc3ccccc3)c(=O)nc2o1.CCCCc1cc2cnc(=O)[nH]c2o1.O=c1[nH]c(=O)n(Cc2ccccc2)cc1I.O=c1[nH]cc(I)c(=O)[nH]1.[B].[B][B].[B][B][B]. The maximum absolute atomic E-state index is 12.1. The predicted molar refractivity (Wildman–Crippen MR) is 594 cm³/mol. The Morgan fingerprint density at radius 1 is 0.431 bits per heavy atom. The first kappa shape index (κ1) is 124. The zero-order valence-electron chi connectivity index (χ0n) is 78.5. The number of hydrogen-bond donors (Lipinski definition) is 7. The predicted octanol–water partition coefficient (Wildman–Crippen LogP) is 19.0. The van der Waals surface area contributed by atoms with Crippen molar-refractivity contribution in [3.63, 3.8) is 0 Å². The lowest BCUT2D eigenvalue weighted by molar-refractivity contribution is 0.525. The van der Waals surface area contributed by atoms with Crippen molar-refractivity contribution in [1.82, 2.24) is 58.6 Å². The van der Waals surface area contributed by atoms with Crippen molar-refractivity contribution in [2.24, 2.45) is 0 Å². The Kier molecular flexibility index (Phi) is 71.2. The average molecular weight is 2260 g/mol. The number of unbranched alkanes of at least 4 members (excludes halogenated alkanes) is 10. The lowest BCUT2D eigenvalue weighted by Gasteiger charge is -2.05. The van der Waals surface area contributed by atoms with Gasteiger partial charge in [-0.05, 0) is 129 Å². The van der Waals surface area contributed by atoms with E-state index in [0.717, 1.165) is 139 Å². The summed E-state index contributed by atoms with van der Waals surface area (Å²) in [4.78, 5) is 136. The standard InChI is InChI=1S/2C17H18N2O2.C11H9IN2O2.2C10H12N2O2.3C7H7Br.2C6H12.C4H3IN2O2.B3.B2.B/c1-2-3-9-15-10-14-12-19(17(20)18-16(14)21-15)11-13-7-5-4-6-8-13;1-2-3-4-8-11-15-13-19(17(21)18-16(15)20)12-14-9-6-5-7-10-14;12-9-7-14(11(16)13-10(9)15)6-8-4-2-1-3-5-8;1-2-3-4-8-5-7-6-11-10(13)12-9(7)14-8;1-2-3-4-5-6-8-7-11-10(14)12-9(8)13;3*8-6-7-4-2-1-3-5-7;2*1-3-5-6-4-2;5-2-1-6-4(9)7-3(2)8;1-3-2;1-2;/h4-8,10,12H,2-3,9,11H2,1H3;5-7,9-10,13H,2-4,12H2,1H3,(H,18,20,21);1-5,7H,6H2,(H,13,15,16);5-6H,2-4H2,1H3,(H,11,12,13);7H,2-4H2,1H3,(H2,11,12,13,14);3*1-5H,6H2;2*3H,1,4-6H2,2H3;1H,(H2,6,7,8,9);;;. The van der Waals surface area contributed by atoms with Gasteiger partial charge in [0.1, 0.15) is 22.6 Å². The summed E-state index contributed by atoms with van der Waals surface area (Å²) >= 11 is 13.8. The molecule has 0 spiro atoms. The molecule has 710 valence electrons. The molecule has 0 aliphatic rings. The maximum Gasteiger partial charge on any atom is 0.351 e. The van der Waals surface area contributed by atoms with Crippen LogP contribution >= 0.6 is 93.0 Å². The Morgan fingerprint density at radius 3 is 1.17 bits per heavy atom. The van der Waals surface area contributed by atoms with E-state index in [1.165, 1.54) is 89.1 Å². The van der Waals surface area contributed by atoms with E-state index in [0.29, 0.717) is 49.3 Å². The number of aryl methyl sites for hydroxylation is 2. The summed E-state index contributed by atoms with van der Waals surface area (Å²) in [5.41, 5.74) is 4.73. The number of benzene rings is 6. The number of aromatic amines is 7. The number of nitrogens with zero attached hydrogens (tertiary/aromatic N) is 5. The van der Waals surface area contributed by atoms with Crippen molar-refractivity contribution in [3.8, 4) is 23.7 Å². The van der Waals surface area contributed by atoms with Crippen LogP contribution in [0.4, 0.5) is 0 Å². The molecule has 0 aliphatic carbocycles. The number of aromatic nitrogens is 12. The van der Waals surface area contributed by atoms with Gasteiger partial charge in [0.2, 0.25) is 11.4 Å². The Hall–Kier alpha value is -11.2. The quantitative estimate of drug-likeness (QED) is 0.00699. The number of H-pyrrole nitrogens is 7. The monoisotopic (exact) mass is 2260 g/mol. The van der Waals surface area contributed by atoms with E-state index < -0.39 is 28.2 Å². The molecule has 8 aromatic heterocycles. The first-order valence-electron chi connectivity index (χ1n) is 44.2. The number of alkyl halides is 3. The molecule has 0 fully saturated rings. The van der Waals surface area contributed by atoms with Gasteiger partial charge in [-0.3, -0.25) is 57.8 Å². The van der Waals surface area contributed by atoms with Crippen molar-refractivity contribution in [3.05, 3.63) is 424 Å². The highest BCUT2D eigenvalue weighted by Gasteiger charge is 2.11. The molecule has 24 nitrogen and oxygen atoms in total. The molecule has 0 aliphatic heterocycles. The molecule has 14 rings (SSSR count). The number of fused-ring (bicyclic) bond motifs is 2. The van der Waals surface area contributed by atoms with Crippen LogP contribution in [0, 0.1) is 30.8 Å². The van der Waals surface area contributed by atoms with E-state index in [9.17, 15) is 47.9 Å².